The largest absolute Gasteiger partial charge is 0.480 e. The summed E-state index contributed by atoms with van der Waals surface area (Å²) in [5.74, 6) is -1.05. The third kappa shape index (κ3) is 4.52. The summed E-state index contributed by atoms with van der Waals surface area (Å²) in [6.45, 7) is 7.24. The maximum absolute atomic E-state index is 12.5. The molecule has 21 heavy (non-hydrogen) atoms. The van der Waals surface area contributed by atoms with Crippen molar-refractivity contribution in [2.24, 2.45) is 11.7 Å². The summed E-state index contributed by atoms with van der Waals surface area (Å²) in [6, 6.07) is -1.33. The van der Waals surface area contributed by atoms with E-state index in [0.717, 1.165) is 0 Å². The SMILES string of the molecule is CC(C)C1SCC(C(=O)O)N1C(=O)NC(C)(C)CC(N)=O. The summed E-state index contributed by atoms with van der Waals surface area (Å²) in [5, 5.41) is 11.8. The van der Waals surface area contributed by atoms with Gasteiger partial charge in [0.15, 0.2) is 0 Å². The van der Waals surface area contributed by atoms with Crippen molar-refractivity contribution in [3.8, 4) is 0 Å². The van der Waals surface area contributed by atoms with Gasteiger partial charge in [-0.25, -0.2) is 9.59 Å². The first-order chi connectivity index (χ1) is 9.55. The summed E-state index contributed by atoms with van der Waals surface area (Å²) in [4.78, 5) is 36.2. The number of amides is 3. The Bertz CT molecular complexity index is 439. The predicted molar refractivity (Wildman–Crippen MR) is 80.8 cm³/mol. The Morgan fingerprint density at radius 1 is 1.43 bits per heavy atom. The molecule has 120 valence electrons. The van der Waals surface area contributed by atoms with E-state index in [1.54, 1.807) is 13.8 Å². The van der Waals surface area contributed by atoms with Crippen molar-refractivity contribution >= 4 is 29.7 Å². The van der Waals surface area contributed by atoms with Crippen molar-refractivity contribution in [1.29, 1.82) is 0 Å². The summed E-state index contributed by atoms with van der Waals surface area (Å²) in [6.07, 6.45) is -0.0101. The van der Waals surface area contributed by atoms with E-state index in [-0.39, 0.29) is 17.7 Å². The number of rotatable bonds is 5. The number of thioether (sulfide) groups is 1. The van der Waals surface area contributed by atoms with Gasteiger partial charge in [-0.05, 0) is 19.8 Å². The number of nitrogens with two attached hydrogens (primary N) is 1. The van der Waals surface area contributed by atoms with Crippen molar-refractivity contribution < 1.29 is 19.5 Å². The van der Waals surface area contributed by atoms with Crippen molar-refractivity contribution in [3.63, 3.8) is 0 Å². The van der Waals surface area contributed by atoms with E-state index in [1.807, 2.05) is 13.8 Å². The first kappa shape index (κ1) is 17.6. The number of carbonyl (C=O) groups excluding carboxylic acids is 2. The Morgan fingerprint density at radius 2 is 2.00 bits per heavy atom. The average molecular weight is 317 g/mol. The van der Waals surface area contributed by atoms with E-state index in [2.05, 4.69) is 5.32 Å². The third-order valence-electron chi connectivity index (χ3n) is 3.19. The van der Waals surface area contributed by atoms with E-state index in [0.29, 0.717) is 5.75 Å². The van der Waals surface area contributed by atoms with Crippen molar-refractivity contribution in [3.05, 3.63) is 0 Å². The molecule has 4 N–H and O–H groups in total. The van der Waals surface area contributed by atoms with Crippen LogP contribution < -0.4 is 11.1 Å². The van der Waals surface area contributed by atoms with Crippen molar-refractivity contribution in [1.82, 2.24) is 10.2 Å². The number of hydrogen-bond donors (Lipinski definition) is 3. The second kappa shape index (κ2) is 6.55. The molecule has 8 heteroatoms. The van der Waals surface area contributed by atoms with Gasteiger partial charge in [0.1, 0.15) is 6.04 Å². The summed E-state index contributed by atoms with van der Waals surface area (Å²) in [7, 11) is 0. The molecule has 0 radical (unpaired) electrons. The number of carboxylic acids is 1. The van der Waals surface area contributed by atoms with Crippen molar-refractivity contribution in [2.45, 2.75) is 51.1 Å². The third-order valence-corrected chi connectivity index (χ3v) is 4.81. The van der Waals surface area contributed by atoms with Gasteiger partial charge in [0.25, 0.3) is 0 Å². The standard InChI is InChI=1S/C13H23N3O4S/c1-7(2)10-16(8(6-21-10)11(18)19)12(20)15-13(3,4)5-9(14)17/h7-8,10H,5-6H2,1-4H3,(H2,14,17)(H,15,20)(H,18,19). The molecule has 3 amide bonds. The Labute approximate surface area is 128 Å². The van der Waals surface area contributed by atoms with E-state index >= 15 is 0 Å². The smallest absolute Gasteiger partial charge is 0.327 e. The van der Waals surface area contributed by atoms with Gasteiger partial charge in [-0.1, -0.05) is 13.8 Å². The topological polar surface area (TPSA) is 113 Å². The highest BCUT2D eigenvalue weighted by Crippen LogP contribution is 2.34. The average Bonchev–Trinajstić information content (AvgIpc) is 2.70. The van der Waals surface area contributed by atoms with E-state index in [1.165, 1.54) is 16.7 Å². The number of carboxylic acid groups (broad SMARTS) is 1. The molecule has 0 aromatic carbocycles. The zero-order valence-electron chi connectivity index (χ0n) is 12.8. The molecule has 0 aliphatic carbocycles. The van der Waals surface area contributed by atoms with Crippen LogP contribution in [0.2, 0.25) is 0 Å². The van der Waals surface area contributed by atoms with Crippen LogP contribution >= 0.6 is 11.8 Å². The first-order valence-corrected chi connectivity index (χ1v) is 7.83. The number of aliphatic carboxylic acids is 1. The summed E-state index contributed by atoms with van der Waals surface area (Å²) in [5.41, 5.74) is 4.34. The minimum absolute atomic E-state index is 0.0101. The van der Waals surface area contributed by atoms with Crippen LogP contribution in [0.5, 0.6) is 0 Å². The number of hydrogen-bond acceptors (Lipinski definition) is 4. The Kier molecular flexibility index (Phi) is 5.49. The molecule has 1 rings (SSSR count). The van der Waals surface area contributed by atoms with Gasteiger partial charge in [-0.15, -0.1) is 11.8 Å². The summed E-state index contributed by atoms with van der Waals surface area (Å²) < 4.78 is 0. The van der Waals surface area contributed by atoms with Gasteiger partial charge >= 0.3 is 12.0 Å². The predicted octanol–water partition coefficient (Wildman–Crippen LogP) is 0.834. The zero-order valence-corrected chi connectivity index (χ0v) is 13.6. The molecule has 1 aliphatic rings. The molecular formula is C13H23N3O4S. The number of nitrogens with one attached hydrogen (secondary N) is 1. The maximum Gasteiger partial charge on any atom is 0.327 e. The number of nitrogens with zero attached hydrogens (tertiary/aromatic N) is 1. The van der Waals surface area contributed by atoms with Crippen LogP contribution in [0.1, 0.15) is 34.1 Å². The van der Waals surface area contributed by atoms with Crippen LogP contribution in [0.3, 0.4) is 0 Å². The lowest BCUT2D eigenvalue weighted by atomic mass is 10.0. The molecule has 0 aromatic heterocycles. The van der Waals surface area contributed by atoms with Crippen LogP contribution in [0.25, 0.3) is 0 Å². The van der Waals surface area contributed by atoms with Gasteiger partial charge in [-0.2, -0.15) is 0 Å². The lowest BCUT2D eigenvalue weighted by Crippen LogP contribution is -2.56. The summed E-state index contributed by atoms with van der Waals surface area (Å²) >= 11 is 1.46. The Hall–Kier alpha value is -1.44. The molecule has 1 aliphatic heterocycles. The number of urea groups is 1. The molecule has 0 saturated carbocycles. The molecule has 1 saturated heterocycles. The Morgan fingerprint density at radius 3 is 2.43 bits per heavy atom. The number of carbonyl (C=O) groups is 3. The van der Waals surface area contributed by atoms with Crippen molar-refractivity contribution in [2.75, 3.05) is 5.75 Å². The fraction of sp³-hybridized carbons (Fsp3) is 0.769. The van der Waals surface area contributed by atoms with E-state index in [9.17, 15) is 19.5 Å². The van der Waals surface area contributed by atoms with Gasteiger partial charge in [0, 0.05) is 17.7 Å². The maximum atomic E-state index is 12.5. The van der Waals surface area contributed by atoms with Gasteiger partial charge in [0.2, 0.25) is 5.91 Å². The molecule has 0 bridgehead atoms. The van der Waals surface area contributed by atoms with Gasteiger partial charge in [0.05, 0.1) is 5.37 Å². The highest BCUT2D eigenvalue weighted by molar-refractivity contribution is 8.00. The fourth-order valence-electron chi connectivity index (χ4n) is 2.32. The second-order valence-corrected chi connectivity index (χ2v) is 7.34. The lowest BCUT2D eigenvalue weighted by molar-refractivity contribution is -0.141. The highest BCUT2D eigenvalue weighted by atomic mass is 32.2. The molecule has 0 aromatic rings. The molecule has 1 fully saturated rings. The minimum atomic E-state index is -1.02. The normalized spacial score (nSPS) is 22.4. The van der Waals surface area contributed by atoms with E-state index < -0.39 is 29.5 Å². The second-order valence-electron chi connectivity index (χ2n) is 6.19. The van der Waals surface area contributed by atoms with Crippen LogP contribution in [-0.2, 0) is 9.59 Å². The van der Waals surface area contributed by atoms with Crippen LogP contribution in [0.4, 0.5) is 4.79 Å². The molecule has 2 atom stereocenters. The zero-order chi connectivity index (χ0) is 16.4. The first-order valence-electron chi connectivity index (χ1n) is 6.78. The quantitative estimate of drug-likeness (QED) is 0.695. The molecule has 2 unspecified atom stereocenters. The monoisotopic (exact) mass is 317 g/mol. The Balaban J connectivity index is 2.89. The molecule has 7 nitrogen and oxygen atoms in total. The molecule has 0 spiro atoms. The van der Waals surface area contributed by atoms with E-state index in [4.69, 9.17) is 5.73 Å². The van der Waals surface area contributed by atoms with Gasteiger partial charge in [-0.3, -0.25) is 9.69 Å². The van der Waals surface area contributed by atoms with Gasteiger partial charge < -0.3 is 16.2 Å². The minimum Gasteiger partial charge on any atom is -0.480 e. The fourth-order valence-corrected chi connectivity index (χ4v) is 3.79. The number of primary amides is 1. The molecular weight excluding hydrogens is 294 g/mol. The lowest BCUT2D eigenvalue weighted by Gasteiger charge is -2.34. The highest BCUT2D eigenvalue weighted by Gasteiger charge is 2.44. The van der Waals surface area contributed by atoms with Crippen LogP contribution in [0, 0.1) is 5.92 Å². The molecule has 1 heterocycles. The van der Waals surface area contributed by atoms with Crippen LogP contribution in [-0.4, -0.2) is 50.6 Å². The van der Waals surface area contributed by atoms with Crippen LogP contribution in [0.15, 0.2) is 0 Å².